The lowest BCUT2D eigenvalue weighted by molar-refractivity contribution is -0.150. The molecular formula is C23H28N2O6S2. The van der Waals surface area contributed by atoms with E-state index >= 15 is 0 Å². The van der Waals surface area contributed by atoms with E-state index in [0.29, 0.717) is 32.0 Å². The number of hydrogen-bond donors (Lipinski definition) is 1. The zero-order valence-electron chi connectivity index (χ0n) is 18.4. The van der Waals surface area contributed by atoms with Crippen molar-refractivity contribution in [2.45, 2.75) is 24.3 Å². The van der Waals surface area contributed by atoms with Crippen LogP contribution in [0.1, 0.15) is 12.5 Å². The number of benzene rings is 2. The molecule has 0 bridgehead atoms. The predicted octanol–water partition coefficient (Wildman–Crippen LogP) is 2.55. The second-order valence-corrected chi connectivity index (χ2v) is 10.5. The summed E-state index contributed by atoms with van der Waals surface area (Å²) in [5, 5.41) is 2.64. The average molecular weight is 493 g/mol. The van der Waals surface area contributed by atoms with Gasteiger partial charge in [-0.1, -0.05) is 30.3 Å². The molecule has 0 saturated carbocycles. The molecule has 1 heterocycles. The van der Waals surface area contributed by atoms with Gasteiger partial charge in [0.15, 0.2) is 6.10 Å². The predicted molar refractivity (Wildman–Crippen MR) is 128 cm³/mol. The lowest BCUT2D eigenvalue weighted by Gasteiger charge is -2.26. The maximum atomic E-state index is 12.7. The van der Waals surface area contributed by atoms with Crippen molar-refractivity contribution in [2.75, 3.05) is 43.1 Å². The molecule has 0 aliphatic carbocycles. The molecule has 1 amide bonds. The van der Waals surface area contributed by atoms with Gasteiger partial charge in [0.1, 0.15) is 0 Å². The Balaban J connectivity index is 1.42. The number of thioether (sulfide) groups is 1. The molecule has 1 aliphatic rings. The van der Waals surface area contributed by atoms with Gasteiger partial charge in [0.05, 0.1) is 23.9 Å². The second-order valence-electron chi connectivity index (χ2n) is 7.45. The molecule has 2 aromatic rings. The molecule has 1 atom stereocenters. The van der Waals surface area contributed by atoms with Gasteiger partial charge in [0.2, 0.25) is 10.0 Å². The minimum absolute atomic E-state index is 0.148. The van der Waals surface area contributed by atoms with E-state index in [1.807, 2.05) is 30.3 Å². The SMILES string of the molecule is C[C@@H](OC(=O)CSCCc1ccccc1)C(=O)Nc1ccc(S(=O)(=O)N2CCOCC2)cc1. The van der Waals surface area contributed by atoms with Crippen molar-refractivity contribution in [1.82, 2.24) is 4.31 Å². The van der Waals surface area contributed by atoms with Crippen LogP contribution in [0, 0.1) is 0 Å². The lowest BCUT2D eigenvalue weighted by Crippen LogP contribution is -2.40. The standard InChI is InChI=1S/C23H28N2O6S2/c1-18(31-22(26)17-32-16-11-19-5-3-2-4-6-19)23(27)24-20-7-9-21(10-8-20)33(28,29)25-12-14-30-15-13-25/h2-10,18H,11-17H2,1H3,(H,24,27)/t18-/m1/s1. The quantitative estimate of drug-likeness (QED) is 0.402. The molecule has 1 saturated heterocycles. The molecule has 8 nitrogen and oxygen atoms in total. The molecule has 3 rings (SSSR count). The monoisotopic (exact) mass is 492 g/mol. The van der Waals surface area contributed by atoms with Crippen LogP contribution in [-0.4, -0.2) is 68.5 Å². The molecule has 0 radical (unpaired) electrons. The van der Waals surface area contributed by atoms with Crippen molar-refractivity contribution < 1.29 is 27.5 Å². The van der Waals surface area contributed by atoms with Crippen LogP contribution in [0.5, 0.6) is 0 Å². The Hall–Kier alpha value is -2.40. The van der Waals surface area contributed by atoms with Gasteiger partial charge in [-0.15, -0.1) is 11.8 Å². The molecule has 2 aromatic carbocycles. The Morgan fingerprint density at radius 3 is 2.42 bits per heavy atom. The Labute approximate surface area is 198 Å². The van der Waals surface area contributed by atoms with E-state index < -0.39 is 28.0 Å². The lowest BCUT2D eigenvalue weighted by atomic mass is 10.2. The Morgan fingerprint density at radius 1 is 1.09 bits per heavy atom. The molecule has 1 N–H and O–H groups in total. The molecule has 1 fully saturated rings. The normalized spacial score (nSPS) is 15.5. The largest absolute Gasteiger partial charge is 0.452 e. The third-order valence-electron chi connectivity index (χ3n) is 5.00. The zero-order chi connectivity index (χ0) is 23.7. The molecular weight excluding hydrogens is 464 g/mol. The third-order valence-corrected chi connectivity index (χ3v) is 7.85. The molecule has 178 valence electrons. The van der Waals surface area contributed by atoms with Gasteiger partial charge in [0, 0.05) is 18.8 Å². The summed E-state index contributed by atoms with van der Waals surface area (Å²) in [7, 11) is -3.60. The minimum Gasteiger partial charge on any atom is -0.452 e. The summed E-state index contributed by atoms with van der Waals surface area (Å²) in [6, 6.07) is 15.9. The Kier molecular flexibility index (Phi) is 9.30. The number of nitrogens with zero attached hydrogens (tertiary/aromatic N) is 1. The highest BCUT2D eigenvalue weighted by Crippen LogP contribution is 2.19. The van der Waals surface area contributed by atoms with E-state index in [2.05, 4.69) is 5.32 Å². The fraction of sp³-hybridized carbons (Fsp3) is 0.391. The summed E-state index contributed by atoms with van der Waals surface area (Å²) >= 11 is 1.45. The number of rotatable bonds is 10. The first kappa shape index (κ1) is 25.2. The zero-order valence-corrected chi connectivity index (χ0v) is 20.1. The number of aryl methyl sites for hydroxylation is 1. The molecule has 1 aliphatic heterocycles. The minimum atomic E-state index is -3.60. The average Bonchev–Trinajstić information content (AvgIpc) is 2.83. The summed E-state index contributed by atoms with van der Waals surface area (Å²) in [6.07, 6.45) is -0.115. The number of amides is 1. The van der Waals surface area contributed by atoms with Crippen LogP contribution in [-0.2, 0) is 35.5 Å². The highest BCUT2D eigenvalue weighted by atomic mass is 32.2. The van der Waals surface area contributed by atoms with Crippen molar-refractivity contribution in [2.24, 2.45) is 0 Å². The maximum absolute atomic E-state index is 12.7. The van der Waals surface area contributed by atoms with Crippen LogP contribution >= 0.6 is 11.8 Å². The van der Waals surface area contributed by atoms with Gasteiger partial charge in [-0.05, 0) is 48.9 Å². The van der Waals surface area contributed by atoms with E-state index in [9.17, 15) is 18.0 Å². The fourth-order valence-electron chi connectivity index (χ4n) is 3.17. The van der Waals surface area contributed by atoms with E-state index in [1.165, 1.54) is 52.8 Å². The van der Waals surface area contributed by atoms with Crippen molar-refractivity contribution in [3.8, 4) is 0 Å². The van der Waals surface area contributed by atoms with Gasteiger partial charge < -0.3 is 14.8 Å². The Morgan fingerprint density at radius 2 is 1.76 bits per heavy atom. The summed E-state index contributed by atoms with van der Waals surface area (Å²) in [4.78, 5) is 24.5. The molecule has 33 heavy (non-hydrogen) atoms. The number of anilines is 1. The van der Waals surface area contributed by atoms with E-state index in [-0.39, 0.29) is 10.6 Å². The first-order chi connectivity index (χ1) is 15.9. The summed E-state index contributed by atoms with van der Waals surface area (Å²) < 4.78 is 37.1. The van der Waals surface area contributed by atoms with Gasteiger partial charge >= 0.3 is 5.97 Å². The van der Waals surface area contributed by atoms with Crippen LogP contribution in [0.4, 0.5) is 5.69 Å². The van der Waals surface area contributed by atoms with E-state index in [4.69, 9.17) is 9.47 Å². The smallest absolute Gasteiger partial charge is 0.316 e. The number of hydrogen-bond acceptors (Lipinski definition) is 7. The van der Waals surface area contributed by atoms with Crippen LogP contribution in [0.2, 0.25) is 0 Å². The van der Waals surface area contributed by atoms with E-state index in [0.717, 1.165) is 12.2 Å². The second kappa shape index (κ2) is 12.2. The summed E-state index contributed by atoms with van der Waals surface area (Å²) in [5.74, 6) is 0.00175. The number of sulfonamides is 1. The molecule has 0 spiro atoms. The Bertz CT molecular complexity index is 1020. The van der Waals surface area contributed by atoms with Crippen molar-refractivity contribution in [1.29, 1.82) is 0 Å². The van der Waals surface area contributed by atoms with Crippen LogP contribution in [0.15, 0.2) is 59.5 Å². The topological polar surface area (TPSA) is 102 Å². The highest BCUT2D eigenvalue weighted by molar-refractivity contribution is 7.99. The number of carbonyl (C=O) groups excluding carboxylic acids is 2. The number of nitrogens with one attached hydrogen (secondary N) is 1. The highest BCUT2D eigenvalue weighted by Gasteiger charge is 2.26. The van der Waals surface area contributed by atoms with Crippen molar-refractivity contribution in [3.05, 3.63) is 60.2 Å². The van der Waals surface area contributed by atoms with Crippen LogP contribution in [0.3, 0.4) is 0 Å². The van der Waals surface area contributed by atoms with Crippen LogP contribution in [0.25, 0.3) is 0 Å². The summed E-state index contributed by atoms with van der Waals surface area (Å²) in [5.41, 5.74) is 1.62. The number of carbonyl (C=O) groups is 2. The molecule has 0 aromatic heterocycles. The molecule has 0 unspecified atom stereocenters. The molecule has 10 heteroatoms. The van der Waals surface area contributed by atoms with Gasteiger partial charge in [0.25, 0.3) is 5.91 Å². The van der Waals surface area contributed by atoms with Gasteiger partial charge in [-0.3, -0.25) is 9.59 Å². The third kappa shape index (κ3) is 7.56. The maximum Gasteiger partial charge on any atom is 0.316 e. The van der Waals surface area contributed by atoms with Gasteiger partial charge in [-0.25, -0.2) is 8.42 Å². The fourth-order valence-corrected chi connectivity index (χ4v) is 5.33. The first-order valence-corrected chi connectivity index (χ1v) is 13.3. The van der Waals surface area contributed by atoms with E-state index in [1.54, 1.807) is 0 Å². The van der Waals surface area contributed by atoms with Crippen molar-refractivity contribution >= 4 is 39.3 Å². The number of esters is 1. The van der Waals surface area contributed by atoms with Gasteiger partial charge in [-0.2, -0.15) is 4.31 Å². The van der Waals surface area contributed by atoms with Crippen LogP contribution < -0.4 is 5.32 Å². The van der Waals surface area contributed by atoms with Crippen molar-refractivity contribution in [3.63, 3.8) is 0 Å². The number of ether oxygens (including phenoxy) is 2. The number of morpholine rings is 1. The first-order valence-electron chi connectivity index (χ1n) is 10.7. The summed E-state index contributed by atoms with van der Waals surface area (Å²) in [6.45, 7) is 2.87.